The number of urea groups is 1. The fraction of sp³-hybridized carbons (Fsp3) is 0.571. The van der Waals surface area contributed by atoms with Crippen LogP contribution in [0.5, 0.6) is 0 Å². The molecule has 1 aliphatic carbocycles. The van der Waals surface area contributed by atoms with Gasteiger partial charge in [0, 0.05) is 0 Å². The molecular weight excluding hydrogens is 226 g/mol. The molecule has 0 spiro atoms. The minimum Gasteiger partial charge on any atom is -0.350 e. The van der Waals surface area contributed by atoms with Crippen molar-refractivity contribution in [2.45, 2.75) is 47.0 Å². The van der Waals surface area contributed by atoms with Crippen molar-refractivity contribution in [3.8, 4) is 0 Å². The molecule has 1 rings (SSSR count). The van der Waals surface area contributed by atoms with Gasteiger partial charge in [-0.05, 0) is 50.2 Å². The molecule has 0 saturated carbocycles. The highest BCUT2D eigenvalue weighted by Gasteiger charge is 2.26. The minimum absolute atomic E-state index is 0.218. The van der Waals surface area contributed by atoms with Crippen LogP contribution in [0.1, 0.15) is 47.0 Å². The van der Waals surface area contributed by atoms with E-state index < -0.39 is 6.03 Å². The monoisotopic (exact) mass is 249 g/mol. The number of hydrogen-bond acceptors (Lipinski definition) is 2. The summed E-state index contributed by atoms with van der Waals surface area (Å²) in [5.74, 6) is 0. The predicted molar refractivity (Wildman–Crippen MR) is 75.3 cm³/mol. The van der Waals surface area contributed by atoms with Crippen LogP contribution in [0.3, 0.4) is 0 Å². The lowest BCUT2D eigenvalue weighted by Crippen LogP contribution is -2.25. The Bertz CT molecular complexity index is 417. The van der Waals surface area contributed by atoms with Gasteiger partial charge in [-0.2, -0.15) is 5.10 Å². The molecule has 0 unspecified atom stereocenters. The predicted octanol–water partition coefficient (Wildman–Crippen LogP) is 3.11. The molecule has 0 aliphatic heterocycles. The van der Waals surface area contributed by atoms with Crippen molar-refractivity contribution in [2.75, 3.05) is 0 Å². The number of primary amides is 1. The molecule has 0 bridgehead atoms. The first-order chi connectivity index (χ1) is 8.33. The molecule has 100 valence electrons. The Labute approximate surface area is 109 Å². The Morgan fingerprint density at radius 1 is 1.50 bits per heavy atom. The number of hydrogen-bond donors (Lipinski definition) is 2. The van der Waals surface area contributed by atoms with Crippen LogP contribution in [-0.4, -0.2) is 11.7 Å². The number of nitrogens with zero attached hydrogens (tertiary/aromatic N) is 1. The van der Waals surface area contributed by atoms with E-state index in [2.05, 4.69) is 37.4 Å². The second-order valence-corrected chi connectivity index (χ2v) is 5.49. The van der Waals surface area contributed by atoms with Crippen LogP contribution in [0, 0.1) is 5.41 Å². The molecule has 0 saturated heterocycles. The molecule has 0 atom stereocenters. The zero-order chi connectivity index (χ0) is 13.8. The van der Waals surface area contributed by atoms with Crippen molar-refractivity contribution in [1.82, 2.24) is 5.43 Å². The maximum Gasteiger partial charge on any atom is 0.332 e. The summed E-state index contributed by atoms with van der Waals surface area (Å²) >= 11 is 0. The Morgan fingerprint density at radius 2 is 2.17 bits per heavy atom. The Morgan fingerprint density at radius 3 is 2.72 bits per heavy atom. The zero-order valence-electron chi connectivity index (χ0n) is 11.7. The van der Waals surface area contributed by atoms with Gasteiger partial charge in [0.2, 0.25) is 0 Å². The van der Waals surface area contributed by atoms with Gasteiger partial charge in [-0.1, -0.05) is 25.5 Å². The summed E-state index contributed by atoms with van der Waals surface area (Å²) in [4.78, 5) is 10.5. The number of amides is 2. The molecule has 0 aromatic carbocycles. The van der Waals surface area contributed by atoms with Crippen molar-refractivity contribution in [3.63, 3.8) is 0 Å². The van der Waals surface area contributed by atoms with Gasteiger partial charge in [-0.15, -0.1) is 0 Å². The summed E-state index contributed by atoms with van der Waals surface area (Å²) in [6.07, 6.45) is 7.66. The van der Waals surface area contributed by atoms with Gasteiger partial charge in [-0.3, -0.25) is 0 Å². The van der Waals surface area contributed by atoms with Gasteiger partial charge in [0.05, 0.1) is 5.71 Å². The average molecular weight is 249 g/mol. The van der Waals surface area contributed by atoms with Crippen LogP contribution < -0.4 is 11.2 Å². The van der Waals surface area contributed by atoms with Gasteiger partial charge in [0.15, 0.2) is 0 Å². The highest BCUT2D eigenvalue weighted by atomic mass is 16.2. The van der Waals surface area contributed by atoms with E-state index >= 15 is 0 Å². The number of allylic oxidation sites excluding steroid dienone is 4. The third-order valence-electron chi connectivity index (χ3n) is 3.38. The number of carbonyl (C=O) groups is 1. The Hall–Kier alpha value is -1.58. The first-order valence-corrected chi connectivity index (χ1v) is 6.31. The normalized spacial score (nSPS) is 20.3. The molecule has 0 fully saturated rings. The number of nitrogens with one attached hydrogen (secondary N) is 1. The number of hydrazone groups is 1. The van der Waals surface area contributed by atoms with E-state index in [1.807, 2.05) is 13.0 Å². The van der Waals surface area contributed by atoms with Crippen LogP contribution in [-0.2, 0) is 0 Å². The molecule has 3 N–H and O–H groups in total. The van der Waals surface area contributed by atoms with Gasteiger partial charge in [0.25, 0.3) is 0 Å². The van der Waals surface area contributed by atoms with Crippen molar-refractivity contribution >= 4 is 11.7 Å². The van der Waals surface area contributed by atoms with Gasteiger partial charge < -0.3 is 5.73 Å². The van der Waals surface area contributed by atoms with Crippen LogP contribution in [0.25, 0.3) is 0 Å². The summed E-state index contributed by atoms with van der Waals surface area (Å²) in [6.45, 7) is 8.56. The Kier molecular flexibility index (Phi) is 4.70. The summed E-state index contributed by atoms with van der Waals surface area (Å²) in [5.41, 5.74) is 10.9. The maximum absolute atomic E-state index is 10.5. The lowest BCUT2D eigenvalue weighted by molar-refractivity contribution is 0.249. The van der Waals surface area contributed by atoms with Crippen LogP contribution in [0.4, 0.5) is 4.79 Å². The minimum atomic E-state index is -0.642. The zero-order valence-corrected chi connectivity index (χ0v) is 11.7. The molecule has 0 aromatic rings. The highest BCUT2D eigenvalue weighted by molar-refractivity contribution is 5.93. The molecule has 0 radical (unpaired) electrons. The second kappa shape index (κ2) is 5.85. The largest absolute Gasteiger partial charge is 0.350 e. The fourth-order valence-corrected chi connectivity index (χ4v) is 2.39. The van der Waals surface area contributed by atoms with E-state index in [0.29, 0.717) is 0 Å². The topological polar surface area (TPSA) is 67.5 Å². The SMILES string of the molecule is CC1=C(/C=C/C(C)=N/NC(N)=O)C(C)(C)CCC1. The summed E-state index contributed by atoms with van der Waals surface area (Å²) in [7, 11) is 0. The third kappa shape index (κ3) is 4.02. The van der Waals surface area contributed by atoms with Crippen molar-refractivity contribution in [1.29, 1.82) is 0 Å². The lowest BCUT2D eigenvalue weighted by atomic mass is 9.72. The third-order valence-corrected chi connectivity index (χ3v) is 3.38. The molecule has 1 aliphatic rings. The van der Waals surface area contributed by atoms with E-state index in [9.17, 15) is 4.79 Å². The summed E-state index contributed by atoms with van der Waals surface area (Å²) in [6, 6.07) is -0.642. The van der Waals surface area contributed by atoms with Crippen molar-refractivity contribution in [3.05, 3.63) is 23.3 Å². The van der Waals surface area contributed by atoms with Gasteiger partial charge in [-0.25, -0.2) is 10.2 Å². The second-order valence-electron chi connectivity index (χ2n) is 5.49. The summed E-state index contributed by atoms with van der Waals surface area (Å²) in [5, 5.41) is 3.86. The maximum atomic E-state index is 10.5. The van der Waals surface area contributed by atoms with E-state index in [-0.39, 0.29) is 5.41 Å². The average Bonchev–Trinajstić information content (AvgIpc) is 2.24. The molecule has 0 aromatic heterocycles. The van der Waals surface area contributed by atoms with E-state index in [0.717, 1.165) is 5.71 Å². The summed E-state index contributed by atoms with van der Waals surface area (Å²) < 4.78 is 0. The van der Waals surface area contributed by atoms with Gasteiger partial charge in [0.1, 0.15) is 0 Å². The Balaban J connectivity index is 2.82. The van der Waals surface area contributed by atoms with Crippen LogP contribution in [0.2, 0.25) is 0 Å². The van der Waals surface area contributed by atoms with E-state index in [1.165, 1.54) is 30.4 Å². The number of carbonyl (C=O) groups excluding carboxylic acids is 1. The molecular formula is C14H23N3O. The van der Waals surface area contributed by atoms with Crippen molar-refractivity contribution < 1.29 is 4.79 Å². The lowest BCUT2D eigenvalue weighted by Gasteiger charge is -2.32. The first kappa shape index (κ1) is 14.5. The number of rotatable bonds is 3. The first-order valence-electron chi connectivity index (χ1n) is 6.31. The van der Waals surface area contributed by atoms with Gasteiger partial charge >= 0.3 is 6.03 Å². The molecule has 2 amide bonds. The van der Waals surface area contributed by atoms with E-state index in [4.69, 9.17) is 5.73 Å². The van der Waals surface area contributed by atoms with E-state index in [1.54, 1.807) is 0 Å². The number of nitrogens with two attached hydrogens (primary N) is 1. The smallest absolute Gasteiger partial charge is 0.332 e. The quantitative estimate of drug-likeness (QED) is 0.585. The fourth-order valence-electron chi connectivity index (χ4n) is 2.39. The van der Waals surface area contributed by atoms with Crippen molar-refractivity contribution in [2.24, 2.45) is 16.3 Å². The van der Waals surface area contributed by atoms with Crippen LogP contribution in [0.15, 0.2) is 28.4 Å². The van der Waals surface area contributed by atoms with Crippen LogP contribution >= 0.6 is 0 Å². The molecule has 4 nitrogen and oxygen atoms in total. The molecule has 4 heteroatoms. The standard InChI is InChI=1S/C14H23N3O/c1-10-6-5-9-14(3,4)12(10)8-7-11(2)16-17-13(15)18/h7-8H,5-6,9H2,1-4H3,(H3,15,17,18)/b8-7+,16-11+. The molecule has 18 heavy (non-hydrogen) atoms. The molecule has 0 heterocycles. The highest BCUT2D eigenvalue weighted by Crippen LogP contribution is 2.40.